The van der Waals surface area contributed by atoms with E-state index in [0.717, 1.165) is 21.3 Å². The molecule has 1 amide bonds. The predicted octanol–water partition coefficient (Wildman–Crippen LogP) is 4.48. The normalized spacial score (nSPS) is 17.8. The summed E-state index contributed by atoms with van der Waals surface area (Å²) in [6, 6.07) is 8.74. The maximum absolute atomic E-state index is 13.7. The molecule has 0 spiro atoms. The molecule has 3 rings (SSSR count). The van der Waals surface area contributed by atoms with Crippen LogP contribution in [-0.2, 0) is 10.2 Å². The van der Waals surface area contributed by atoms with Crippen LogP contribution in [0.2, 0.25) is 0 Å². The number of alkyl halides is 3. The zero-order valence-corrected chi connectivity index (χ0v) is 14.4. The van der Waals surface area contributed by atoms with E-state index in [1.807, 2.05) is 39.0 Å². The van der Waals surface area contributed by atoms with Crippen LogP contribution < -0.4 is 5.43 Å². The lowest BCUT2D eigenvalue weighted by atomic mass is 9.83. The molecule has 2 aromatic rings. The van der Waals surface area contributed by atoms with Gasteiger partial charge < -0.3 is 0 Å². The first-order chi connectivity index (χ1) is 11.6. The first-order valence-corrected chi connectivity index (χ1v) is 8.23. The third kappa shape index (κ3) is 3.49. The molecule has 0 unspecified atom stereocenters. The Labute approximate surface area is 144 Å². The Morgan fingerprint density at radius 3 is 2.40 bits per heavy atom. The quantitative estimate of drug-likeness (QED) is 0.866. The Bertz CT molecular complexity index is 808. The van der Waals surface area contributed by atoms with Crippen LogP contribution in [0, 0.1) is 0 Å². The van der Waals surface area contributed by atoms with Crippen LogP contribution >= 0.6 is 0 Å². The summed E-state index contributed by atoms with van der Waals surface area (Å²) in [5.41, 5.74) is 3.28. The molecule has 0 aliphatic carbocycles. The predicted molar refractivity (Wildman–Crippen MR) is 90.9 cm³/mol. The van der Waals surface area contributed by atoms with Crippen LogP contribution in [0.4, 0.5) is 13.2 Å². The molecule has 0 radical (unpaired) electrons. The number of hydrogen-bond donors (Lipinski definition) is 1. The summed E-state index contributed by atoms with van der Waals surface area (Å²) in [6.07, 6.45) is -4.41. The highest BCUT2D eigenvalue weighted by molar-refractivity contribution is 5.87. The second-order valence-electron chi connectivity index (χ2n) is 7.46. The van der Waals surface area contributed by atoms with Gasteiger partial charge in [-0.25, -0.2) is 5.01 Å². The Morgan fingerprint density at radius 2 is 1.84 bits per heavy atom. The summed E-state index contributed by atoms with van der Waals surface area (Å²) in [6.45, 7) is 6.16. The van der Waals surface area contributed by atoms with Crippen molar-refractivity contribution < 1.29 is 18.0 Å². The average molecular weight is 350 g/mol. The van der Waals surface area contributed by atoms with Crippen molar-refractivity contribution in [3.05, 3.63) is 47.5 Å². The SMILES string of the molecule is CC(C)(C)c1cccc2ccc([C@H](N3CCC(=O)N3)C(F)(F)F)cc12. The highest BCUT2D eigenvalue weighted by Gasteiger charge is 2.47. The smallest absolute Gasteiger partial charge is 0.288 e. The fourth-order valence-electron chi connectivity index (χ4n) is 3.35. The second-order valence-corrected chi connectivity index (χ2v) is 7.46. The van der Waals surface area contributed by atoms with E-state index in [2.05, 4.69) is 5.43 Å². The molecule has 3 nitrogen and oxygen atoms in total. The van der Waals surface area contributed by atoms with Gasteiger partial charge in [-0.05, 0) is 33.4 Å². The molecule has 1 heterocycles. The van der Waals surface area contributed by atoms with Gasteiger partial charge in [0.2, 0.25) is 5.91 Å². The van der Waals surface area contributed by atoms with Crippen molar-refractivity contribution in [1.29, 1.82) is 0 Å². The number of nitrogens with one attached hydrogen (secondary N) is 1. The van der Waals surface area contributed by atoms with E-state index in [9.17, 15) is 18.0 Å². The summed E-state index contributed by atoms with van der Waals surface area (Å²) >= 11 is 0. The number of fused-ring (bicyclic) bond motifs is 1. The number of benzene rings is 2. The van der Waals surface area contributed by atoms with Gasteiger partial charge in [-0.15, -0.1) is 0 Å². The topological polar surface area (TPSA) is 32.3 Å². The van der Waals surface area contributed by atoms with Crippen LogP contribution in [0.25, 0.3) is 10.8 Å². The zero-order valence-electron chi connectivity index (χ0n) is 14.4. The average Bonchev–Trinajstić information content (AvgIpc) is 2.90. The van der Waals surface area contributed by atoms with Gasteiger partial charge >= 0.3 is 6.18 Å². The summed E-state index contributed by atoms with van der Waals surface area (Å²) in [5, 5.41) is 2.71. The van der Waals surface area contributed by atoms with E-state index in [4.69, 9.17) is 0 Å². The molecular formula is C19H21F3N2O. The minimum Gasteiger partial charge on any atom is -0.288 e. The van der Waals surface area contributed by atoms with Crippen molar-refractivity contribution in [1.82, 2.24) is 10.4 Å². The third-order valence-corrected chi connectivity index (χ3v) is 4.50. The van der Waals surface area contributed by atoms with E-state index in [1.165, 1.54) is 6.07 Å². The van der Waals surface area contributed by atoms with E-state index in [0.29, 0.717) is 0 Å². The molecule has 6 heteroatoms. The van der Waals surface area contributed by atoms with Gasteiger partial charge in [0.15, 0.2) is 0 Å². The molecule has 25 heavy (non-hydrogen) atoms. The van der Waals surface area contributed by atoms with Gasteiger partial charge in [-0.3, -0.25) is 10.2 Å². The molecule has 1 aliphatic heterocycles. The van der Waals surface area contributed by atoms with Crippen LogP contribution in [0.5, 0.6) is 0 Å². The monoisotopic (exact) mass is 350 g/mol. The van der Waals surface area contributed by atoms with Crippen molar-refractivity contribution in [2.45, 2.75) is 44.8 Å². The lowest BCUT2D eigenvalue weighted by Crippen LogP contribution is -2.43. The second kappa shape index (κ2) is 6.02. The fraction of sp³-hybridized carbons (Fsp3) is 0.421. The Balaban J connectivity index is 2.14. The summed E-state index contributed by atoms with van der Waals surface area (Å²) < 4.78 is 41.2. The number of carbonyl (C=O) groups is 1. The molecule has 1 aliphatic rings. The van der Waals surface area contributed by atoms with E-state index < -0.39 is 12.2 Å². The minimum atomic E-state index is -4.48. The molecule has 0 bridgehead atoms. The van der Waals surface area contributed by atoms with E-state index in [1.54, 1.807) is 12.1 Å². The summed E-state index contributed by atoms with van der Waals surface area (Å²) in [7, 11) is 0. The first-order valence-electron chi connectivity index (χ1n) is 8.23. The lowest BCUT2D eigenvalue weighted by molar-refractivity contribution is -0.191. The fourth-order valence-corrected chi connectivity index (χ4v) is 3.35. The van der Waals surface area contributed by atoms with Gasteiger partial charge in [0.1, 0.15) is 6.04 Å². The molecule has 1 atom stereocenters. The Kier molecular flexibility index (Phi) is 4.27. The molecule has 1 saturated heterocycles. The van der Waals surface area contributed by atoms with Gasteiger partial charge in [0.25, 0.3) is 0 Å². The van der Waals surface area contributed by atoms with Gasteiger partial charge in [0.05, 0.1) is 0 Å². The maximum Gasteiger partial charge on any atom is 0.409 e. The van der Waals surface area contributed by atoms with E-state index >= 15 is 0 Å². The van der Waals surface area contributed by atoms with Crippen molar-refractivity contribution in [3.63, 3.8) is 0 Å². The van der Waals surface area contributed by atoms with Crippen molar-refractivity contribution >= 4 is 16.7 Å². The number of carbonyl (C=O) groups excluding carboxylic acids is 1. The van der Waals surface area contributed by atoms with Crippen molar-refractivity contribution in [3.8, 4) is 0 Å². The van der Waals surface area contributed by atoms with Gasteiger partial charge in [-0.2, -0.15) is 13.2 Å². The number of hydrogen-bond acceptors (Lipinski definition) is 2. The van der Waals surface area contributed by atoms with Gasteiger partial charge in [-0.1, -0.05) is 51.1 Å². The number of nitrogens with zero attached hydrogens (tertiary/aromatic N) is 1. The number of hydrazine groups is 1. The van der Waals surface area contributed by atoms with Crippen molar-refractivity contribution in [2.24, 2.45) is 0 Å². The number of amides is 1. The van der Waals surface area contributed by atoms with Crippen LogP contribution in [0.3, 0.4) is 0 Å². The summed E-state index contributed by atoms with van der Waals surface area (Å²) in [4.78, 5) is 11.4. The third-order valence-electron chi connectivity index (χ3n) is 4.50. The maximum atomic E-state index is 13.7. The Morgan fingerprint density at radius 1 is 1.12 bits per heavy atom. The number of rotatable bonds is 2. The Hall–Kier alpha value is -2.08. The molecule has 0 saturated carbocycles. The minimum absolute atomic E-state index is 0.0436. The lowest BCUT2D eigenvalue weighted by Gasteiger charge is -2.30. The van der Waals surface area contributed by atoms with Crippen molar-refractivity contribution in [2.75, 3.05) is 6.54 Å². The molecule has 1 N–H and O–H groups in total. The zero-order chi connectivity index (χ0) is 18.4. The first kappa shape index (κ1) is 17.7. The number of halogens is 3. The van der Waals surface area contributed by atoms with Crippen LogP contribution in [0.1, 0.15) is 44.4 Å². The molecule has 134 valence electrons. The highest BCUT2D eigenvalue weighted by Crippen LogP contribution is 2.40. The van der Waals surface area contributed by atoms with Crippen LogP contribution in [0.15, 0.2) is 36.4 Å². The van der Waals surface area contributed by atoms with Gasteiger partial charge in [0, 0.05) is 13.0 Å². The largest absolute Gasteiger partial charge is 0.409 e. The highest BCUT2D eigenvalue weighted by atomic mass is 19.4. The standard InChI is InChI=1S/C19H21F3N2O/c1-18(2,3)15-6-4-5-12-7-8-13(11-14(12)15)17(19(20,21)22)24-10-9-16(25)23-24/h4-8,11,17H,9-10H2,1-3H3,(H,23,25)/t17-/m0/s1. The molecule has 1 fully saturated rings. The molecule has 0 aromatic heterocycles. The van der Waals surface area contributed by atoms with E-state index in [-0.39, 0.29) is 29.9 Å². The molecule has 2 aromatic carbocycles. The molecular weight excluding hydrogens is 329 g/mol. The van der Waals surface area contributed by atoms with Crippen LogP contribution in [-0.4, -0.2) is 23.6 Å². The summed E-state index contributed by atoms with van der Waals surface area (Å²) in [5.74, 6) is -0.384.